The maximum atomic E-state index is 12.8. The first-order valence-electron chi connectivity index (χ1n) is 8.39. The van der Waals surface area contributed by atoms with Crippen LogP contribution in [0.4, 0.5) is 0 Å². The fourth-order valence-corrected chi connectivity index (χ4v) is 5.10. The van der Waals surface area contributed by atoms with E-state index in [-0.39, 0.29) is 16.8 Å². The third kappa shape index (κ3) is 3.04. The quantitative estimate of drug-likeness (QED) is 0.844. The molecule has 1 amide bonds. The van der Waals surface area contributed by atoms with E-state index in [1.807, 2.05) is 4.90 Å². The highest BCUT2D eigenvalue weighted by Gasteiger charge is 2.31. The van der Waals surface area contributed by atoms with Gasteiger partial charge in [-0.3, -0.25) is 4.79 Å². The lowest BCUT2D eigenvalue weighted by molar-refractivity contribution is 0.0625. The van der Waals surface area contributed by atoms with E-state index in [4.69, 9.17) is 0 Å². The third-order valence-corrected chi connectivity index (χ3v) is 6.83. The van der Waals surface area contributed by atoms with Crippen molar-refractivity contribution in [2.45, 2.75) is 50.0 Å². The molecule has 0 saturated carbocycles. The van der Waals surface area contributed by atoms with Gasteiger partial charge in [0, 0.05) is 38.9 Å². The minimum atomic E-state index is -3.48. The Balaban J connectivity index is 1.87. The minimum Gasteiger partial charge on any atom is -0.345 e. The van der Waals surface area contributed by atoms with E-state index in [1.165, 1.54) is 10.4 Å². The molecule has 0 bridgehead atoms. The fraction of sp³-hybridized carbons (Fsp3) is 0.688. The molecule has 0 N–H and O–H groups in total. The van der Waals surface area contributed by atoms with E-state index in [1.54, 1.807) is 17.8 Å². The number of hydrogen-bond acceptors (Lipinski definition) is 3. The SMILES string of the molecule is CC1CCCCN1C(=O)c1cc(S(=O)(=O)N2CCCC2)cn1C. The van der Waals surface area contributed by atoms with Crippen LogP contribution in [0.25, 0.3) is 0 Å². The summed E-state index contributed by atoms with van der Waals surface area (Å²) < 4.78 is 28.5. The van der Waals surface area contributed by atoms with Crippen molar-refractivity contribution in [1.29, 1.82) is 0 Å². The van der Waals surface area contributed by atoms with Crippen LogP contribution >= 0.6 is 0 Å². The third-order valence-electron chi connectivity index (χ3n) is 4.97. The molecule has 128 valence electrons. The summed E-state index contributed by atoms with van der Waals surface area (Å²) in [6.07, 6.45) is 6.54. The molecule has 0 aromatic carbocycles. The lowest BCUT2D eigenvalue weighted by Crippen LogP contribution is -2.42. The summed E-state index contributed by atoms with van der Waals surface area (Å²) in [6.45, 7) is 3.95. The van der Waals surface area contributed by atoms with Gasteiger partial charge >= 0.3 is 0 Å². The summed E-state index contributed by atoms with van der Waals surface area (Å²) in [5, 5.41) is 0. The first kappa shape index (κ1) is 16.5. The summed E-state index contributed by atoms with van der Waals surface area (Å²) in [4.78, 5) is 14.9. The number of nitrogens with zero attached hydrogens (tertiary/aromatic N) is 3. The van der Waals surface area contributed by atoms with Gasteiger partial charge < -0.3 is 9.47 Å². The van der Waals surface area contributed by atoms with Gasteiger partial charge in [-0.1, -0.05) is 0 Å². The number of carbonyl (C=O) groups excluding carboxylic acids is 1. The summed E-state index contributed by atoms with van der Waals surface area (Å²) in [7, 11) is -1.74. The maximum absolute atomic E-state index is 12.8. The number of aromatic nitrogens is 1. The van der Waals surface area contributed by atoms with Gasteiger partial charge in [-0.05, 0) is 45.1 Å². The fourth-order valence-electron chi connectivity index (χ4n) is 3.51. The molecule has 3 rings (SSSR count). The number of piperidine rings is 1. The molecule has 2 fully saturated rings. The second-order valence-electron chi connectivity index (χ2n) is 6.63. The van der Waals surface area contributed by atoms with Crippen molar-refractivity contribution in [3.63, 3.8) is 0 Å². The molecule has 0 spiro atoms. The lowest BCUT2D eigenvalue weighted by atomic mass is 10.0. The number of amides is 1. The monoisotopic (exact) mass is 339 g/mol. The Morgan fingerprint density at radius 1 is 1.13 bits per heavy atom. The van der Waals surface area contributed by atoms with Crippen LogP contribution in [0.2, 0.25) is 0 Å². The van der Waals surface area contributed by atoms with Crippen molar-refractivity contribution in [3.8, 4) is 0 Å². The Morgan fingerprint density at radius 2 is 1.78 bits per heavy atom. The van der Waals surface area contributed by atoms with Crippen molar-refractivity contribution in [1.82, 2.24) is 13.8 Å². The summed E-state index contributed by atoms with van der Waals surface area (Å²) in [5.74, 6) is -0.0671. The molecule has 7 heteroatoms. The van der Waals surface area contributed by atoms with Gasteiger partial charge in [0.15, 0.2) is 0 Å². The molecular weight excluding hydrogens is 314 g/mol. The largest absolute Gasteiger partial charge is 0.345 e. The van der Waals surface area contributed by atoms with E-state index >= 15 is 0 Å². The normalized spacial score (nSPS) is 23.4. The molecule has 0 aliphatic carbocycles. The standard InChI is InChI=1S/C16H25N3O3S/c1-13-7-3-4-10-19(13)16(20)15-11-14(12-17(15)2)23(21,22)18-8-5-6-9-18/h11-13H,3-10H2,1-2H3. The average molecular weight is 339 g/mol. The Kier molecular flexibility index (Phi) is 4.51. The van der Waals surface area contributed by atoms with Crippen LogP contribution in [0.3, 0.4) is 0 Å². The van der Waals surface area contributed by atoms with Crippen LogP contribution in [-0.2, 0) is 17.1 Å². The highest BCUT2D eigenvalue weighted by atomic mass is 32.2. The van der Waals surface area contributed by atoms with Crippen molar-refractivity contribution in [3.05, 3.63) is 18.0 Å². The Bertz CT molecular complexity index is 689. The number of hydrogen-bond donors (Lipinski definition) is 0. The first-order valence-corrected chi connectivity index (χ1v) is 9.83. The number of rotatable bonds is 3. The smallest absolute Gasteiger partial charge is 0.270 e. The number of likely N-dealkylation sites (tertiary alicyclic amines) is 1. The van der Waals surface area contributed by atoms with E-state index in [0.717, 1.165) is 38.6 Å². The molecule has 1 aromatic heterocycles. The second-order valence-corrected chi connectivity index (χ2v) is 8.56. The zero-order valence-electron chi connectivity index (χ0n) is 13.9. The van der Waals surface area contributed by atoms with Crippen molar-refractivity contribution in [2.24, 2.45) is 7.05 Å². The lowest BCUT2D eigenvalue weighted by Gasteiger charge is -2.33. The molecule has 1 unspecified atom stereocenters. The van der Waals surface area contributed by atoms with Gasteiger partial charge in [-0.2, -0.15) is 4.31 Å². The topological polar surface area (TPSA) is 62.6 Å². The second kappa shape index (κ2) is 6.28. The zero-order valence-corrected chi connectivity index (χ0v) is 14.7. The average Bonchev–Trinajstić information content (AvgIpc) is 3.17. The zero-order chi connectivity index (χ0) is 16.6. The molecule has 23 heavy (non-hydrogen) atoms. The number of aryl methyl sites for hydroxylation is 1. The minimum absolute atomic E-state index is 0.0671. The first-order chi connectivity index (χ1) is 10.9. The van der Waals surface area contributed by atoms with Gasteiger partial charge in [-0.15, -0.1) is 0 Å². The van der Waals surface area contributed by atoms with E-state index in [2.05, 4.69) is 6.92 Å². The summed E-state index contributed by atoms with van der Waals surface area (Å²) in [5.41, 5.74) is 0.455. The van der Waals surface area contributed by atoms with Gasteiger partial charge in [0.2, 0.25) is 10.0 Å². The van der Waals surface area contributed by atoms with Crippen LogP contribution in [0.5, 0.6) is 0 Å². The van der Waals surface area contributed by atoms with E-state index in [9.17, 15) is 13.2 Å². The van der Waals surface area contributed by atoms with Crippen LogP contribution in [0, 0.1) is 0 Å². The van der Waals surface area contributed by atoms with Gasteiger partial charge in [0.1, 0.15) is 10.6 Å². The molecule has 3 heterocycles. The predicted octanol–water partition coefficient (Wildman–Crippen LogP) is 1.82. The molecular formula is C16H25N3O3S. The predicted molar refractivity (Wildman–Crippen MR) is 87.8 cm³/mol. The van der Waals surface area contributed by atoms with Gasteiger partial charge in [-0.25, -0.2) is 8.42 Å². The number of sulfonamides is 1. The maximum Gasteiger partial charge on any atom is 0.270 e. The molecule has 6 nitrogen and oxygen atoms in total. The van der Waals surface area contributed by atoms with E-state index < -0.39 is 10.0 Å². The highest BCUT2D eigenvalue weighted by molar-refractivity contribution is 7.89. The molecule has 2 aliphatic heterocycles. The van der Waals surface area contributed by atoms with Crippen LogP contribution in [0.15, 0.2) is 17.2 Å². The molecule has 1 atom stereocenters. The molecule has 1 aromatic rings. The Labute approximate surface area is 138 Å². The van der Waals surface area contributed by atoms with Crippen LogP contribution in [0.1, 0.15) is 49.5 Å². The van der Waals surface area contributed by atoms with Gasteiger partial charge in [0.25, 0.3) is 5.91 Å². The van der Waals surface area contributed by atoms with Crippen LogP contribution in [-0.4, -0.2) is 53.8 Å². The molecule has 2 saturated heterocycles. The van der Waals surface area contributed by atoms with Crippen LogP contribution < -0.4 is 0 Å². The summed E-state index contributed by atoms with van der Waals surface area (Å²) >= 11 is 0. The molecule has 0 radical (unpaired) electrons. The Morgan fingerprint density at radius 3 is 2.43 bits per heavy atom. The van der Waals surface area contributed by atoms with Crippen molar-refractivity contribution < 1.29 is 13.2 Å². The van der Waals surface area contributed by atoms with Crippen molar-refractivity contribution in [2.75, 3.05) is 19.6 Å². The Hall–Kier alpha value is -1.34. The summed E-state index contributed by atoms with van der Waals surface area (Å²) in [6, 6.07) is 1.75. The van der Waals surface area contributed by atoms with E-state index in [0.29, 0.717) is 18.8 Å². The number of carbonyl (C=O) groups is 1. The van der Waals surface area contributed by atoms with Gasteiger partial charge in [0.05, 0.1) is 0 Å². The highest BCUT2D eigenvalue weighted by Crippen LogP contribution is 2.25. The van der Waals surface area contributed by atoms with Crippen molar-refractivity contribution >= 4 is 15.9 Å². The molecule has 2 aliphatic rings.